The van der Waals surface area contributed by atoms with Crippen molar-refractivity contribution in [1.29, 1.82) is 0 Å². The van der Waals surface area contributed by atoms with Gasteiger partial charge in [-0.2, -0.15) is 4.57 Å². The molecule has 0 aliphatic carbocycles. The van der Waals surface area contributed by atoms with Crippen LogP contribution in [0.25, 0.3) is 44.1 Å². The van der Waals surface area contributed by atoms with Crippen LogP contribution < -0.4 is 9.75 Å². The van der Waals surface area contributed by atoms with Crippen LogP contribution in [-0.4, -0.2) is 8.07 Å². The standard InChI is InChI=1S/C27H28NOSi/c1-17-11-13-21-20-9-7-8-10-25(20)29-27(21)26(17)24-15-18(2)22-16-19(30(4,5)6)12-14-23(22)28(24)3/h7-16H,1-6H3/q+1. The monoisotopic (exact) mass is 410 g/mol. The van der Waals surface area contributed by atoms with Crippen LogP contribution in [0.4, 0.5) is 0 Å². The molecule has 3 heteroatoms. The lowest BCUT2D eigenvalue weighted by molar-refractivity contribution is -0.633. The zero-order valence-corrected chi connectivity index (χ0v) is 19.6. The first-order chi connectivity index (χ1) is 14.3. The van der Waals surface area contributed by atoms with Crippen LogP contribution in [0.5, 0.6) is 0 Å². The smallest absolute Gasteiger partial charge is 0.217 e. The average molecular weight is 411 g/mol. The summed E-state index contributed by atoms with van der Waals surface area (Å²) in [5, 5.41) is 5.20. The summed E-state index contributed by atoms with van der Waals surface area (Å²) in [6.45, 7) is 11.6. The third-order valence-electron chi connectivity index (χ3n) is 6.37. The van der Waals surface area contributed by atoms with Crippen LogP contribution >= 0.6 is 0 Å². The highest BCUT2D eigenvalue weighted by Crippen LogP contribution is 2.37. The van der Waals surface area contributed by atoms with E-state index in [1.165, 1.54) is 49.2 Å². The molecule has 0 bridgehead atoms. The lowest BCUT2D eigenvalue weighted by Gasteiger charge is -2.17. The minimum atomic E-state index is -1.36. The molecule has 2 nitrogen and oxygen atoms in total. The molecule has 150 valence electrons. The summed E-state index contributed by atoms with van der Waals surface area (Å²) in [6.07, 6.45) is 0. The summed E-state index contributed by atoms with van der Waals surface area (Å²) >= 11 is 0. The van der Waals surface area contributed by atoms with Gasteiger partial charge in [-0.15, -0.1) is 0 Å². The Morgan fingerprint density at radius 3 is 2.30 bits per heavy atom. The molecule has 0 radical (unpaired) electrons. The quantitative estimate of drug-likeness (QED) is 0.243. The molecule has 0 saturated heterocycles. The molecule has 0 unspecified atom stereocenters. The largest absolute Gasteiger partial charge is 0.455 e. The van der Waals surface area contributed by atoms with Gasteiger partial charge in [0.1, 0.15) is 18.2 Å². The summed E-state index contributed by atoms with van der Waals surface area (Å²) < 4.78 is 8.71. The molecule has 0 fully saturated rings. The van der Waals surface area contributed by atoms with E-state index in [2.05, 4.69) is 99.7 Å². The zero-order valence-electron chi connectivity index (χ0n) is 18.6. The van der Waals surface area contributed by atoms with Gasteiger partial charge in [-0.1, -0.05) is 61.2 Å². The Balaban J connectivity index is 1.85. The van der Waals surface area contributed by atoms with E-state index in [9.17, 15) is 0 Å². The predicted molar refractivity (Wildman–Crippen MR) is 130 cm³/mol. The van der Waals surface area contributed by atoms with E-state index < -0.39 is 8.07 Å². The highest BCUT2D eigenvalue weighted by molar-refractivity contribution is 6.88. The minimum Gasteiger partial charge on any atom is -0.455 e. The molecule has 5 aromatic rings. The van der Waals surface area contributed by atoms with Crippen molar-refractivity contribution >= 4 is 46.1 Å². The highest BCUT2D eigenvalue weighted by atomic mass is 28.3. The molecular weight excluding hydrogens is 382 g/mol. The first kappa shape index (κ1) is 19.1. The lowest BCUT2D eigenvalue weighted by atomic mass is 9.98. The summed E-state index contributed by atoms with van der Waals surface area (Å²) in [5.41, 5.74) is 8.11. The summed E-state index contributed by atoms with van der Waals surface area (Å²) in [4.78, 5) is 0. The fourth-order valence-electron chi connectivity index (χ4n) is 4.57. The number of rotatable bonds is 2. The van der Waals surface area contributed by atoms with Crippen molar-refractivity contribution in [2.45, 2.75) is 33.5 Å². The molecule has 0 aliphatic rings. The van der Waals surface area contributed by atoms with E-state index in [0.29, 0.717) is 0 Å². The van der Waals surface area contributed by atoms with E-state index in [1.54, 1.807) is 0 Å². The van der Waals surface area contributed by atoms with Gasteiger partial charge < -0.3 is 4.42 Å². The van der Waals surface area contributed by atoms with Gasteiger partial charge in [0, 0.05) is 28.3 Å². The molecule has 5 rings (SSSR count). The van der Waals surface area contributed by atoms with E-state index >= 15 is 0 Å². The number of para-hydroxylation sites is 1. The van der Waals surface area contributed by atoms with Gasteiger partial charge in [0.05, 0.1) is 13.6 Å². The summed E-state index contributed by atoms with van der Waals surface area (Å²) in [7, 11) is 0.816. The maximum atomic E-state index is 6.38. The van der Waals surface area contributed by atoms with Crippen LogP contribution in [0.2, 0.25) is 19.6 Å². The Bertz CT molecular complexity index is 1450. The van der Waals surface area contributed by atoms with E-state index in [-0.39, 0.29) is 0 Å². The Morgan fingerprint density at radius 1 is 0.767 bits per heavy atom. The van der Waals surface area contributed by atoms with Gasteiger partial charge in [0.25, 0.3) is 0 Å². The topological polar surface area (TPSA) is 17.0 Å². The summed E-state index contributed by atoms with van der Waals surface area (Å²) in [5.74, 6) is 0. The van der Waals surface area contributed by atoms with E-state index in [4.69, 9.17) is 4.42 Å². The molecule has 3 aromatic carbocycles. The number of aryl methyl sites for hydroxylation is 3. The van der Waals surface area contributed by atoms with Crippen molar-refractivity contribution in [2.75, 3.05) is 0 Å². The number of fused-ring (bicyclic) bond motifs is 4. The Labute approximate surface area is 178 Å². The van der Waals surface area contributed by atoms with Crippen LogP contribution in [-0.2, 0) is 7.05 Å². The van der Waals surface area contributed by atoms with Crippen molar-refractivity contribution in [3.05, 3.63) is 71.8 Å². The molecule has 0 aliphatic heterocycles. The normalized spacial score (nSPS) is 12.3. The third-order valence-corrected chi connectivity index (χ3v) is 8.42. The fraction of sp³-hybridized carbons (Fsp3) is 0.222. The second-order valence-corrected chi connectivity index (χ2v) is 14.6. The summed E-state index contributed by atoms with van der Waals surface area (Å²) in [6, 6.07) is 22.1. The van der Waals surface area contributed by atoms with Gasteiger partial charge in [0.15, 0.2) is 0 Å². The maximum absolute atomic E-state index is 6.38. The first-order valence-electron chi connectivity index (χ1n) is 10.6. The predicted octanol–water partition coefficient (Wildman–Crippen LogP) is 6.39. The Kier molecular flexibility index (Phi) is 4.16. The number of hydrogen-bond acceptors (Lipinski definition) is 1. The lowest BCUT2D eigenvalue weighted by Crippen LogP contribution is -2.39. The zero-order chi connectivity index (χ0) is 21.2. The number of pyridine rings is 1. The minimum absolute atomic E-state index is 0.944. The van der Waals surface area contributed by atoms with E-state index in [1.807, 2.05) is 6.07 Å². The maximum Gasteiger partial charge on any atom is 0.217 e. The molecule has 2 heterocycles. The van der Waals surface area contributed by atoms with Gasteiger partial charge in [-0.05, 0) is 37.1 Å². The third kappa shape index (κ3) is 2.80. The van der Waals surface area contributed by atoms with Crippen LogP contribution in [0.3, 0.4) is 0 Å². The first-order valence-corrected chi connectivity index (χ1v) is 14.1. The van der Waals surface area contributed by atoms with Gasteiger partial charge in [-0.3, -0.25) is 0 Å². The fourth-order valence-corrected chi connectivity index (χ4v) is 5.73. The number of hydrogen-bond donors (Lipinski definition) is 0. The van der Waals surface area contributed by atoms with Crippen molar-refractivity contribution in [1.82, 2.24) is 0 Å². The second kappa shape index (κ2) is 6.54. The molecule has 0 spiro atoms. The van der Waals surface area contributed by atoms with Crippen molar-refractivity contribution in [3.63, 3.8) is 0 Å². The molecule has 0 amide bonds. The average Bonchev–Trinajstić information content (AvgIpc) is 3.08. The number of benzene rings is 3. The molecule has 0 atom stereocenters. The van der Waals surface area contributed by atoms with Crippen molar-refractivity contribution < 1.29 is 8.98 Å². The van der Waals surface area contributed by atoms with Crippen LogP contribution in [0, 0.1) is 13.8 Å². The van der Waals surface area contributed by atoms with Gasteiger partial charge >= 0.3 is 0 Å². The second-order valence-electron chi connectivity index (χ2n) is 9.49. The highest BCUT2D eigenvalue weighted by Gasteiger charge is 2.24. The van der Waals surface area contributed by atoms with Crippen LogP contribution in [0.1, 0.15) is 11.1 Å². The molecular formula is C27H28NOSi+. The molecule has 0 N–H and O–H groups in total. The van der Waals surface area contributed by atoms with Crippen LogP contribution in [0.15, 0.2) is 65.1 Å². The number of furan rings is 1. The molecule has 30 heavy (non-hydrogen) atoms. The van der Waals surface area contributed by atoms with Gasteiger partial charge in [0.2, 0.25) is 11.2 Å². The SMILES string of the molecule is Cc1ccc2c(oc3ccccc32)c1-c1cc(C)c2cc([Si](C)(C)C)ccc2[n+]1C. The van der Waals surface area contributed by atoms with Crippen molar-refractivity contribution in [3.8, 4) is 11.3 Å². The molecule has 2 aromatic heterocycles. The Hall–Kier alpha value is -2.91. The number of nitrogens with zero attached hydrogens (tertiary/aromatic N) is 1. The van der Waals surface area contributed by atoms with Crippen molar-refractivity contribution in [2.24, 2.45) is 7.05 Å². The Morgan fingerprint density at radius 2 is 1.53 bits per heavy atom. The molecule has 0 saturated carbocycles. The number of aromatic nitrogens is 1. The van der Waals surface area contributed by atoms with Gasteiger partial charge in [-0.25, -0.2) is 0 Å². The van der Waals surface area contributed by atoms with E-state index in [0.717, 1.165) is 11.2 Å².